The molecular formula is C13H25NO. The molecule has 1 saturated carbocycles. The normalized spacial score (nSPS) is 42.0. The molecule has 0 radical (unpaired) electrons. The molecule has 0 amide bonds. The van der Waals surface area contributed by atoms with E-state index in [2.05, 4.69) is 19.2 Å². The molecular weight excluding hydrogens is 186 g/mol. The second kappa shape index (κ2) is 4.84. The average molecular weight is 211 g/mol. The van der Waals surface area contributed by atoms with E-state index in [9.17, 15) is 0 Å². The highest BCUT2D eigenvalue weighted by molar-refractivity contribution is 4.92. The number of hydrogen-bond donors (Lipinski definition) is 1. The van der Waals surface area contributed by atoms with Crippen molar-refractivity contribution >= 4 is 0 Å². The Labute approximate surface area is 93.8 Å². The molecule has 0 aromatic carbocycles. The van der Waals surface area contributed by atoms with Crippen LogP contribution in [0.5, 0.6) is 0 Å². The molecule has 1 spiro atoms. The van der Waals surface area contributed by atoms with Crippen molar-refractivity contribution in [2.75, 3.05) is 13.2 Å². The van der Waals surface area contributed by atoms with Crippen molar-refractivity contribution in [3.63, 3.8) is 0 Å². The number of ether oxygens (including phenoxy) is 1. The zero-order valence-corrected chi connectivity index (χ0v) is 10.2. The van der Waals surface area contributed by atoms with Crippen LogP contribution in [0.15, 0.2) is 0 Å². The van der Waals surface area contributed by atoms with Crippen LogP contribution in [0.3, 0.4) is 0 Å². The molecule has 1 aliphatic carbocycles. The smallest absolute Gasteiger partial charge is 0.0697 e. The predicted octanol–water partition coefficient (Wildman–Crippen LogP) is 2.72. The molecule has 2 aliphatic rings. The van der Waals surface area contributed by atoms with Crippen LogP contribution in [0.4, 0.5) is 0 Å². The van der Waals surface area contributed by atoms with Gasteiger partial charge in [-0.1, -0.05) is 13.8 Å². The van der Waals surface area contributed by atoms with Crippen LogP contribution in [0.25, 0.3) is 0 Å². The summed E-state index contributed by atoms with van der Waals surface area (Å²) in [6, 6.07) is 0.706. The lowest BCUT2D eigenvalue weighted by Crippen LogP contribution is -2.48. The monoisotopic (exact) mass is 211 g/mol. The standard InChI is InChI=1S/C13H25NO/c1-3-14-12-6-9-15-13(10-12)7-4-11(2)5-8-13/h11-12,14H,3-10H2,1-2H3. The third kappa shape index (κ3) is 2.73. The fourth-order valence-electron chi connectivity index (χ4n) is 3.13. The van der Waals surface area contributed by atoms with Gasteiger partial charge in [-0.3, -0.25) is 0 Å². The topological polar surface area (TPSA) is 21.3 Å². The maximum Gasteiger partial charge on any atom is 0.0697 e. The summed E-state index contributed by atoms with van der Waals surface area (Å²) in [5.74, 6) is 0.915. The largest absolute Gasteiger partial charge is 0.375 e. The van der Waals surface area contributed by atoms with E-state index in [0.29, 0.717) is 6.04 Å². The molecule has 2 rings (SSSR count). The third-order valence-electron chi connectivity index (χ3n) is 4.17. The maximum atomic E-state index is 6.09. The van der Waals surface area contributed by atoms with E-state index in [1.54, 1.807) is 0 Å². The molecule has 1 heterocycles. The van der Waals surface area contributed by atoms with Gasteiger partial charge in [0.1, 0.15) is 0 Å². The van der Waals surface area contributed by atoms with Crippen LogP contribution in [0.2, 0.25) is 0 Å². The lowest BCUT2D eigenvalue weighted by atomic mass is 9.75. The molecule has 15 heavy (non-hydrogen) atoms. The lowest BCUT2D eigenvalue weighted by molar-refractivity contribution is -0.114. The minimum atomic E-state index is 0.248. The van der Waals surface area contributed by atoms with Crippen molar-refractivity contribution in [2.45, 2.75) is 64.0 Å². The van der Waals surface area contributed by atoms with Gasteiger partial charge < -0.3 is 10.1 Å². The Morgan fingerprint density at radius 3 is 2.67 bits per heavy atom. The fraction of sp³-hybridized carbons (Fsp3) is 1.00. The van der Waals surface area contributed by atoms with E-state index < -0.39 is 0 Å². The highest BCUT2D eigenvalue weighted by atomic mass is 16.5. The van der Waals surface area contributed by atoms with Crippen molar-refractivity contribution in [1.82, 2.24) is 5.32 Å². The highest BCUT2D eigenvalue weighted by Crippen LogP contribution is 2.40. The zero-order valence-electron chi connectivity index (χ0n) is 10.2. The Balaban J connectivity index is 1.90. The van der Waals surface area contributed by atoms with Gasteiger partial charge in [-0.2, -0.15) is 0 Å². The molecule has 1 atom stereocenters. The molecule has 2 heteroatoms. The van der Waals surface area contributed by atoms with Gasteiger partial charge in [-0.05, 0) is 51.0 Å². The van der Waals surface area contributed by atoms with Crippen LogP contribution in [0.1, 0.15) is 52.4 Å². The molecule has 2 nitrogen and oxygen atoms in total. The van der Waals surface area contributed by atoms with E-state index >= 15 is 0 Å². The van der Waals surface area contributed by atoms with Gasteiger partial charge in [0.25, 0.3) is 0 Å². The zero-order chi connectivity index (χ0) is 10.7. The Kier molecular flexibility index (Phi) is 3.68. The van der Waals surface area contributed by atoms with Crippen LogP contribution in [-0.2, 0) is 4.74 Å². The van der Waals surface area contributed by atoms with Crippen LogP contribution >= 0.6 is 0 Å². The van der Waals surface area contributed by atoms with E-state index in [-0.39, 0.29) is 5.60 Å². The van der Waals surface area contributed by atoms with Crippen molar-refractivity contribution in [3.8, 4) is 0 Å². The molecule has 1 aliphatic heterocycles. The Morgan fingerprint density at radius 2 is 2.00 bits per heavy atom. The molecule has 0 aromatic rings. The van der Waals surface area contributed by atoms with Crippen molar-refractivity contribution in [1.29, 1.82) is 0 Å². The van der Waals surface area contributed by atoms with Crippen molar-refractivity contribution in [3.05, 3.63) is 0 Å². The van der Waals surface area contributed by atoms with Crippen LogP contribution < -0.4 is 5.32 Å². The minimum absolute atomic E-state index is 0.248. The van der Waals surface area contributed by atoms with E-state index in [1.807, 2.05) is 0 Å². The fourth-order valence-corrected chi connectivity index (χ4v) is 3.13. The third-order valence-corrected chi connectivity index (χ3v) is 4.17. The minimum Gasteiger partial charge on any atom is -0.375 e. The summed E-state index contributed by atoms with van der Waals surface area (Å²) in [5.41, 5.74) is 0.248. The van der Waals surface area contributed by atoms with E-state index in [1.165, 1.54) is 38.5 Å². The summed E-state index contributed by atoms with van der Waals surface area (Å²) in [7, 11) is 0. The Bertz CT molecular complexity index is 195. The number of rotatable bonds is 2. The predicted molar refractivity (Wildman–Crippen MR) is 63.0 cm³/mol. The van der Waals surface area contributed by atoms with E-state index in [0.717, 1.165) is 19.1 Å². The first-order chi connectivity index (χ1) is 7.24. The summed E-state index contributed by atoms with van der Waals surface area (Å²) < 4.78 is 6.09. The van der Waals surface area contributed by atoms with Gasteiger partial charge in [0.2, 0.25) is 0 Å². The molecule has 0 aromatic heterocycles. The van der Waals surface area contributed by atoms with Gasteiger partial charge in [-0.15, -0.1) is 0 Å². The summed E-state index contributed by atoms with van der Waals surface area (Å²) in [6.07, 6.45) is 7.74. The lowest BCUT2D eigenvalue weighted by Gasteiger charge is -2.45. The SMILES string of the molecule is CCNC1CCOC2(CCC(C)CC2)C1. The summed E-state index contributed by atoms with van der Waals surface area (Å²) in [5, 5.41) is 3.59. The highest BCUT2D eigenvalue weighted by Gasteiger charge is 2.39. The molecule has 1 N–H and O–H groups in total. The first kappa shape index (κ1) is 11.4. The maximum absolute atomic E-state index is 6.09. The van der Waals surface area contributed by atoms with E-state index in [4.69, 9.17) is 4.74 Å². The second-order valence-electron chi connectivity index (χ2n) is 5.46. The number of hydrogen-bond acceptors (Lipinski definition) is 2. The van der Waals surface area contributed by atoms with Gasteiger partial charge in [0.05, 0.1) is 5.60 Å². The molecule has 88 valence electrons. The summed E-state index contributed by atoms with van der Waals surface area (Å²) >= 11 is 0. The first-order valence-electron chi connectivity index (χ1n) is 6.61. The molecule has 1 saturated heterocycles. The first-order valence-corrected chi connectivity index (χ1v) is 6.61. The summed E-state index contributed by atoms with van der Waals surface area (Å²) in [6.45, 7) is 6.63. The van der Waals surface area contributed by atoms with Gasteiger partial charge in [0.15, 0.2) is 0 Å². The average Bonchev–Trinajstić information content (AvgIpc) is 2.24. The van der Waals surface area contributed by atoms with Gasteiger partial charge in [0, 0.05) is 12.6 Å². The Morgan fingerprint density at radius 1 is 1.27 bits per heavy atom. The van der Waals surface area contributed by atoms with Crippen molar-refractivity contribution < 1.29 is 4.74 Å². The molecule has 1 unspecified atom stereocenters. The second-order valence-corrected chi connectivity index (χ2v) is 5.46. The Hall–Kier alpha value is -0.0800. The van der Waals surface area contributed by atoms with Gasteiger partial charge in [-0.25, -0.2) is 0 Å². The molecule has 2 fully saturated rings. The number of nitrogens with one attached hydrogen (secondary N) is 1. The van der Waals surface area contributed by atoms with Crippen LogP contribution in [-0.4, -0.2) is 24.8 Å². The van der Waals surface area contributed by atoms with Crippen LogP contribution in [0, 0.1) is 5.92 Å². The quantitative estimate of drug-likeness (QED) is 0.758. The van der Waals surface area contributed by atoms with Crippen molar-refractivity contribution in [2.24, 2.45) is 5.92 Å². The summed E-state index contributed by atoms with van der Waals surface area (Å²) in [4.78, 5) is 0. The van der Waals surface area contributed by atoms with Gasteiger partial charge >= 0.3 is 0 Å². The molecule has 0 bridgehead atoms.